The molecule has 4 nitrogen and oxygen atoms in total. The van der Waals surface area contributed by atoms with Gasteiger partial charge in [0.25, 0.3) is 0 Å². The van der Waals surface area contributed by atoms with Gasteiger partial charge in [-0.05, 0) is 12.1 Å². The van der Waals surface area contributed by atoms with Crippen LogP contribution in [0.5, 0.6) is 0 Å². The van der Waals surface area contributed by atoms with E-state index >= 15 is 0 Å². The summed E-state index contributed by atoms with van der Waals surface area (Å²) in [7, 11) is 0. The minimum absolute atomic E-state index is 0. The summed E-state index contributed by atoms with van der Waals surface area (Å²) in [4.78, 5) is 10.3. The van der Waals surface area contributed by atoms with Crippen molar-refractivity contribution in [3.8, 4) is 0 Å². The second-order valence-electron chi connectivity index (χ2n) is 2.32. The van der Waals surface area contributed by atoms with Gasteiger partial charge in [-0.2, -0.15) is 0 Å². The van der Waals surface area contributed by atoms with Crippen LogP contribution in [0.15, 0.2) is 17.0 Å². The van der Waals surface area contributed by atoms with E-state index < -0.39 is 17.0 Å². The fraction of sp³-hybridized carbons (Fsp3) is 0. The van der Waals surface area contributed by atoms with Crippen LogP contribution < -0.4 is 59.1 Å². The second kappa shape index (κ2) is 8.48. The van der Waals surface area contributed by atoms with Crippen LogP contribution in [-0.4, -0.2) is 19.8 Å². The average Bonchev–Trinajstić information content (AvgIpc) is 2.08. The molecule has 0 amide bonds. The van der Waals surface area contributed by atoms with Crippen LogP contribution in [0.1, 0.15) is 13.2 Å². The molecule has 0 bridgehead atoms. The first-order valence-corrected chi connectivity index (χ1v) is 5.13. The number of rotatable bonds is 2. The van der Waals surface area contributed by atoms with Crippen molar-refractivity contribution in [2.45, 2.75) is 4.90 Å². The molecule has 0 aliphatic carbocycles. The third-order valence-corrected chi connectivity index (χ3v) is 3.04. The number of hydrogen-bond donors (Lipinski definition) is 2. The smallest absolute Gasteiger partial charge is 1.00 e. The Kier molecular flexibility index (Phi) is 10.4. The fourth-order valence-electron chi connectivity index (χ4n) is 0.814. The Bertz CT molecular complexity index is 436. The molecule has 2 N–H and O–H groups in total. The van der Waals surface area contributed by atoms with Crippen molar-refractivity contribution in [2.24, 2.45) is 0 Å². The fourth-order valence-corrected chi connectivity index (χ4v) is 1.89. The van der Waals surface area contributed by atoms with E-state index in [0.717, 1.165) is 12.1 Å². The first-order valence-electron chi connectivity index (χ1n) is 3.26. The molecular weight excluding hydrogens is 297 g/mol. The maximum absolute atomic E-state index is 10.7. The van der Waals surface area contributed by atoms with E-state index in [0.29, 0.717) is 0 Å². The summed E-state index contributed by atoms with van der Waals surface area (Å²) < 4.78 is 19.5. The molecule has 0 radical (unpaired) electrons. The van der Waals surface area contributed by atoms with Crippen LogP contribution in [0.2, 0.25) is 10.0 Å². The molecule has 1 atom stereocenters. The second-order valence-corrected chi connectivity index (χ2v) is 4.05. The van der Waals surface area contributed by atoms with E-state index in [2.05, 4.69) is 0 Å². The van der Waals surface area contributed by atoms with Gasteiger partial charge < -0.3 is 12.5 Å². The molecule has 0 aliphatic rings. The quantitative estimate of drug-likeness (QED) is 0.439. The van der Waals surface area contributed by atoms with Crippen molar-refractivity contribution in [1.82, 2.24) is 0 Å². The first kappa shape index (κ1) is 19.7. The van der Waals surface area contributed by atoms with Crippen LogP contribution in [0.3, 0.4) is 0 Å². The summed E-state index contributed by atoms with van der Waals surface area (Å²) in [6, 6.07) is 2.12. The number of halogens is 2. The van der Waals surface area contributed by atoms with Crippen molar-refractivity contribution < 1.29 is 80.6 Å². The number of carboxylic acid groups (broad SMARTS) is 1. The van der Waals surface area contributed by atoms with Gasteiger partial charge in [0.05, 0.1) is 20.5 Å². The molecule has 80 valence electrons. The Hall–Kier alpha value is 1.38. The van der Waals surface area contributed by atoms with Gasteiger partial charge in [-0.25, -0.2) is 9.00 Å². The molecule has 1 rings (SSSR count). The predicted molar refractivity (Wildman–Crippen MR) is 54.7 cm³/mol. The Balaban J connectivity index is -0.000000245. The van der Waals surface area contributed by atoms with Crippen LogP contribution in [0.4, 0.5) is 0 Å². The van der Waals surface area contributed by atoms with E-state index in [1.165, 1.54) is 0 Å². The molecule has 0 saturated carbocycles. The van der Waals surface area contributed by atoms with Crippen molar-refractivity contribution in [3.05, 3.63) is 27.7 Å². The van der Waals surface area contributed by atoms with E-state index in [4.69, 9.17) is 32.9 Å². The zero-order valence-corrected chi connectivity index (χ0v) is 14.9. The summed E-state index contributed by atoms with van der Waals surface area (Å²) >= 11 is 8.80. The van der Waals surface area contributed by atoms with Gasteiger partial charge in [0.1, 0.15) is 0 Å². The van der Waals surface area contributed by atoms with Gasteiger partial charge in [-0.3, -0.25) is 0 Å². The maximum Gasteiger partial charge on any atom is 1.00 e. The van der Waals surface area contributed by atoms with Crippen molar-refractivity contribution in [1.29, 1.82) is 0 Å². The van der Waals surface area contributed by atoms with E-state index in [1.54, 1.807) is 0 Å². The SMILES string of the molecule is O=C(O)c1cc(Cl)c(Cl)c(S(=O)O)c1.[H-].[H-].[Na+].[Na+]. The summed E-state index contributed by atoms with van der Waals surface area (Å²) in [5, 5.41) is 8.44. The van der Waals surface area contributed by atoms with E-state index in [-0.39, 0.29) is 82.5 Å². The van der Waals surface area contributed by atoms with Crippen LogP contribution in [0.25, 0.3) is 0 Å². The molecule has 1 aromatic carbocycles. The number of carboxylic acids is 1. The van der Waals surface area contributed by atoms with Gasteiger partial charge in [0, 0.05) is 0 Å². The number of benzene rings is 1. The summed E-state index contributed by atoms with van der Waals surface area (Å²) in [6.45, 7) is 0. The Labute approximate surface area is 152 Å². The van der Waals surface area contributed by atoms with Crippen molar-refractivity contribution in [3.63, 3.8) is 0 Å². The average molecular weight is 303 g/mol. The Morgan fingerprint density at radius 3 is 2.19 bits per heavy atom. The van der Waals surface area contributed by atoms with Gasteiger partial charge >= 0.3 is 65.1 Å². The zero-order chi connectivity index (χ0) is 10.9. The molecule has 1 aromatic rings. The van der Waals surface area contributed by atoms with E-state index in [9.17, 15) is 9.00 Å². The minimum atomic E-state index is -2.36. The topological polar surface area (TPSA) is 74.6 Å². The number of aromatic carboxylic acids is 1. The molecule has 0 spiro atoms. The number of carbonyl (C=O) groups is 1. The van der Waals surface area contributed by atoms with Gasteiger partial charge in [-0.1, -0.05) is 23.2 Å². The zero-order valence-electron chi connectivity index (χ0n) is 10.5. The normalized spacial score (nSPS) is 10.9. The molecule has 0 aromatic heterocycles. The first-order chi connectivity index (χ1) is 6.43. The Morgan fingerprint density at radius 1 is 1.31 bits per heavy atom. The molecule has 0 fully saturated rings. The molecule has 0 aliphatic heterocycles. The third kappa shape index (κ3) is 4.94. The molecule has 0 saturated heterocycles. The summed E-state index contributed by atoms with van der Waals surface area (Å²) in [5.41, 5.74) is -0.184. The number of hydrogen-bond acceptors (Lipinski definition) is 2. The largest absolute Gasteiger partial charge is 1.00 e. The predicted octanol–water partition coefficient (Wildman–Crippen LogP) is -3.49. The molecule has 16 heavy (non-hydrogen) atoms. The van der Waals surface area contributed by atoms with Gasteiger partial charge in [0.15, 0.2) is 11.1 Å². The third-order valence-electron chi connectivity index (χ3n) is 1.43. The maximum atomic E-state index is 10.7. The van der Waals surface area contributed by atoms with Gasteiger partial charge in [-0.15, -0.1) is 0 Å². The van der Waals surface area contributed by atoms with Crippen LogP contribution in [-0.2, 0) is 11.1 Å². The van der Waals surface area contributed by atoms with E-state index in [1.807, 2.05) is 0 Å². The van der Waals surface area contributed by atoms with Crippen molar-refractivity contribution in [2.75, 3.05) is 0 Å². The van der Waals surface area contributed by atoms with Crippen LogP contribution >= 0.6 is 23.2 Å². The Morgan fingerprint density at radius 2 is 1.81 bits per heavy atom. The monoisotopic (exact) mass is 302 g/mol. The molecule has 0 heterocycles. The summed E-state index contributed by atoms with van der Waals surface area (Å²) in [5.74, 6) is -1.24. The van der Waals surface area contributed by atoms with Gasteiger partial charge in [0.2, 0.25) is 0 Å². The van der Waals surface area contributed by atoms with Crippen molar-refractivity contribution >= 4 is 40.3 Å². The molecular formula is C7H6Cl2Na2O4S. The molecule has 1 unspecified atom stereocenters. The molecule has 9 heteroatoms. The summed E-state index contributed by atoms with van der Waals surface area (Å²) in [6.07, 6.45) is 0. The van der Waals surface area contributed by atoms with Crippen LogP contribution in [0, 0.1) is 0 Å². The standard InChI is InChI=1S/C7H4Cl2O4S.2Na.2H/c8-4-1-3(7(10)11)2-5(6(4)9)14(12)13;;;;/h1-2H,(H,10,11)(H,12,13);;;;/q;2*+1;2*-1. The minimum Gasteiger partial charge on any atom is -1.00 e.